The smallest absolute Gasteiger partial charge is 0.0588 e. The zero-order chi connectivity index (χ0) is 14.7. The topological polar surface area (TPSA) is 4.93 Å². The van der Waals surface area contributed by atoms with Crippen LogP contribution < -0.4 is 0 Å². The number of para-hydroxylation sites is 1. The molecule has 1 unspecified atom stereocenters. The average molecular weight is 277 g/mol. The standard InChI is InChI=1S/C20H23N/c1-3-4-12-20(18-11-7-5-9-16(18)2)21-15-14-17-10-6-8-13-19(17)21/h5-11,13-15,20H,3-4,12H2,1-2H3. The molecule has 0 spiro atoms. The number of unbranched alkanes of at least 4 members (excludes halogenated alkanes) is 1. The molecule has 108 valence electrons. The minimum atomic E-state index is 0.436. The molecule has 3 rings (SSSR count). The minimum Gasteiger partial charge on any atom is -0.340 e. The van der Waals surface area contributed by atoms with Crippen molar-refractivity contribution in [2.45, 2.75) is 39.2 Å². The van der Waals surface area contributed by atoms with Crippen molar-refractivity contribution in [2.24, 2.45) is 0 Å². The van der Waals surface area contributed by atoms with Crippen LogP contribution in [0, 0.1) is 6.92 Å². The van der Waals surface area contributed by atoms with Crippen LogP contribution in [0.4, 0.5) is 0 Å². The van der Waals surface area contributed by atoms with Crippen molar-refractivity contribution < 1.29 is 0 Å². The lowest BCUT2D eigenvalue weighted by molar-refractivity contribution is 0.526. The van der Waals surface area contributed by atoms with Gasteiger partial charge in [0, 0.05) is 11.7 Å². The van der Waals surface area contributed by atoms with E-state index in [4.69, 9.17) is 0 Å². The van der Waals surface area contributed by atoms with Crippen molar-refractivity contribution >= 4 is 10.9 Å². The first kappa shape index (κ1) is 13.9. The highest BCUT2D eigenvalue weighted by atomic mass is 15.0. The van der Waals surface area contributed by atoms with Gasteiger partial charge in [0.1, 0.15) is 0 Å². The number of aromatic nitrogens is 1. The molecule has 1 heterocycles. The summed E-state index contributed by atoms with van der Waals surface area (Å²) < 4.78 is 2.45. The van der Waals surface area contributed by atoms with E-state index in [0.29, 0.717) is 6.04 Å². The molecule has 0 saturated heterocycles. The molecule has 0 radical (unpaired) electrons. The molecule has 0 aliphatic rings. The van der Waals surface area contributed by atoms with E-state index in [9.17, 15) is 0 Å². The van der Waals surface area contributed by atoms with Crippen molar-refractivity contribution in [3.8, 4) is 0 Å². The van der Waals surface area contributed by atoms with Crippen molar-refractivity contribution in [2.75, 3.05) is 0 Å². The molecular formula is C20H23N. The fourth-order valence-electron chi connectivity index (χ4n) is 3.18. The SMILES string of the molecule is CCCCC(c1ccccc1C)n1ccc2ccccc21. The summed E-state index contributed by atoms with van der Waals surface area (Å²) in [5.74, 6) is 0. The van der Waals surface area contributed by atoms with Crippen molar-refractivity contribution in [1.29, 1.82) is 0 Å². The van der Waals surface area contributed by atoms with Crippen molar-refractivity contribution in [3.05, 3.63) is 71.9 Å². The van der Waals surface area contributed by atoms with Crippen LogP contribution in [-0.4, -0.2) is 4.57 Å². The second-order valence-electron chi connectivity index (χ2n) is 5.80. The maximum absolute atomic E-state index is 2.45. The summed E-state index contributed by atoms with van der Waals surface area (Å²) in [6, 6.07) is 20.1. The van der Waals surface area contributed by atoms with E-state index in [1.807, 2.05) is 0 Å². The Morgan fingerprint density at radius 3 is 2.52 bits per heavy atom. The van der Waals surface area contributed by atoms with E-state index < -0.39 is 0 Å². The molecule has 2 aromatic carbocycles. The van der Waals surface area contributed by atoms with E-state index in [1.165, 1.54) is 41.3 Å². The highest BCUT2D eigenvalue weighted by molar-refractivity contribution is 5.80. The Labute approximate surface area is 127 Å². The van der Waals surface area contributed by atoms with Gasteiger partial charge in [0.25, 0.3) is 0 Å². The molecule has 0 amide bonds. The summed E-state index contributed by atoms with van der Waals surface area (Å²) in [5, 5.41) is 1.33. The van der Waals surface area contributed by atoms with Crippen LogP contribution in [0.5, 0.6) is 0 Å². The highest BCUT2D eigenvalue weighted by Gasteiger charge is 2.16. The molecule has 0 aliphatic heterocycles. The van der Waals surface area contributed by atoms with E-state index in [2.05, 4.69) is 79.2 Å². The molecule has 1 atom stereocenters. The Bertz CT molecular complexity index is 723. The van der Waals surface area contributed by atoms with E-state index in [1.54, 1.807) is 0 Å². The van der Waals surface area contributed by atoms with Crippen LogP contribution in [0.1, 0.15) is 43.4 Å². The predicted octanol–water partition coefficient (Wildman–Crippen LogP) is 5.73. The Hall–Kier alpha value is -2.02. The zero-order valence-electron chi connectivity index (χ0n) is 12.9. The Balaban J connectivity index is 2.09. The van der Waals surface area contributed by atoms with Gasteiger partial charge >= 0.3 is 0 Å². The van der Waals surface area contributed by atoms with E-state index in [-0.39, 0.29) is 0 Å². The first-order chi connectivity index (χ1) is 10.3. The molecule has 1 aromatic heterocycles. The summed E-state index contributed by atoms with van der Waals surface area (Å²) in [5.41, 5.74) is 4.17. The molecule has 0 bridgehead atoms. The lowest BCUT2D eigenvalue weighted by atomic mass is 9.96. The fourth-order valence-corrected chi connectivity index (χ4v) is 3.18. The normalized spacial score (nSPS) is 12.7. The van der Waals surface area contributed by atoms with Crippen molar-refractivity contribution in [1.82, 2.24) is 4.57 Å². The second kappa shape index (κ2) is 6.17. The largest absolute Gasteiger partial charge is 0.340 e. The lowest BCUT2D eigenvalue weighted by Gasteiger charge is -2.22. The van der Waals surface area contributed by atoms with Crippen LogP contribution in [0.15, 0.2) is 60.8 Å². The van der Waals surface area contributed by atoms with Gasteiger partial charge < -0.3 is 4.57 Å². The predicted molar refractivity (Wildman–Crippen MR) is 90.8 cm³/mol. The number of aryl methyl sites for hydroxylation is 1. The van der Waals surface area contributed by atoms with Crippen LogP contribution in [0.2, 0.25) is 0 Å². The summed E-state index contributed by atoms with van der Waals surface area (Å²) in [7, 11) is 0. The van der Waals surface area contributed by atoms with Gasteiger partial charge in [-0.15, -0.1) is 0 Å². The molecule has 1 heteroatoms. The third-order valence-electron chi connectivity index (χ3n) is 4.34. The first-order valence-electron chi connectivity index (χ1n) is 7.92. The Morgan fingerprint density at radius 2 is 1.71 bits per heavy atom. The van der Waals surface area contributed by atoms with Gasteiger partial charge in [0.05, 0.1) is 6.04 Å². The molecule has 1 nitrogen and oxygen atoms in total. The average Bonchev–Trinajstić information content (AvgIpc) is 2.93. The number of hydrogen-bond donors (Lipinski definition) is 0. The van der Waals surface area contributed by atoms with Gasteiger partial charge in [-0.25, -0.2) is 0 Å². The lowest BCUT2D eigenvalue weighted by Crippen LogP contribution is -2.11. The first-order valence-corrected chi connectivity index (χ1v) is 7.92. The highest BCUT2D eigenvalue weighted by Crippen LogP contribution is 2.30. The maximum Gasteiger partial charge on any atom is 0.0588 e. The monoisotopic (exact) mass is 277 g/mol. The summed E-state index contributed by atoms with van der Waals surface area (Å²) in [6.07, 6.45) is 5.94. The Morgan fingerprint density at radius 1 is 0.952 bits per heavy atom. The molecule has 0 aliphatic carbocycles. The van der Waals surface area contributed by atoms with Gasteiger partial charge in [0.15, 0.2) is 0 Å². The second-order valence-corrected chi connectivity index (χ2v) is 5.80. The van der Waals surface area contributed by atoms with Crippen LogP contribution in [-0.2, 0) is 0 Å². The number of benzene rings is 2. The van der Waals surface area contributed by atoms with Crippen LogP contribution in [0.25, 0.3) is 10.9 Å². The summed E-state index contributed by atoms with van der Waals surface area (Å²) in [4.78, 5) is 0. The molecule has 0 saturated carbocycles. The number of fused-ring (bicyclic) bond motifs is 1. The molecule has 21 heavy (non-hydrogen) atoms. The van der Waals surface area contributed by atoms with Crippen molar-refractivity contribution in [3.63, 3.8) is 0 Å². The number of nitrogens with zero attached hydrogens (tertiary/aromatic N) is 1. The van der Waals surface area contributed by atoms with Gasteiger partial charge in [-0.05, 0) is 42.0 Å². The molecule has 0 fully saturated rings. The number of rotatable bonds is 5. The summed E-state index contributed by atoms with van der Waals surface area (Å²) in [6.45, 7) is 4.49. The quantitative estimate of drug-likeness (QED) is 0.561. The zero-order valence-corrected chi connectivity index (χ0v) is 12.9. The molecule has 0 N–H and O–H groups in total. The van der Waals surface area contributed by atoms with Gasteiger partial charge in [-0.1, -0.05) is 62.2 Å². The van der Waals surface area contributed by atoms with Gasteiger partial charge in [0.2, 0.25) is 0 Å². The third-order valence-corrected chi connectivity index (χ3v) is 4.34. The van der Waals surface area contributed by atoms with Gasteiger partial charge in [-0.3, -0.25) is 0 Å². The summed E-state index contributed by atoms with van der Waals surface area (Å²) >= 11 is 0. The van der Waals surface area contributed by atoms with Crippen LogP contribution >= 0.6 is 0 Å². The molecule has 3 aromatic rings. The van der Waals surface area contributed by atoms with Gasteiger partial charge in [-0.2, -0.15) is 0 Å². The Kier molecular flexibility index (Phi) is 4.10. The maximum atomic E-state index is 2.45. The van der Waals surface area contributed by atoms with Crippen LogP contribution in [0.3, 0.4) is 0 Å². The van der Waals surface area contributed by atoms with E-state index in [0.717, 1.165) is 0 Å². The molecular weight excluding hydrogens is 254 g/mol. The van der Waals surface area contributed by atoms with E-state index >= 15 is 0 Å². The third kappa shape index (κ3) is 2.73. The minimum absolute atomic E-state index is 0.436. The fraction of sp³-hybridized carbons (Fsp3) is 0.300. The number of hydrogen-bond acceptors (Lipinski definition) is 0.